The number of ketones is 1. The normalized spacial score (nSPS) is 12.2. The van der Waals surface area contributed by atoms with Crippen LogP contribution in [0.25, 0.3) is 0 Å². The van der Waals surface area contributed by atoms with Crippen LogP contribution in [0, 0.1) is 23.4 Å². The fraction of sp³-hybridized carbons (Fsp3) is 0.240. The predicted molar refractivity (Wildman–Crippen MR) is 114 cm³/mol. The first kappa shape index (κ1) is 24.0. The summed E-state index contributed by atoms with van der Waals surface area (Å²) >= 11 is 0. The minimum atomic E-state index is -1.41. The van der Waals surface area contributed by atoms with Gasteiger partial charge in [0.25, 0.3) is 0 Å². The second-order valence-corrected chi connectivity index (χ2v) is 8.34. The summed E-state index contributed by atoms with van der Waals surface area (Å²) in [6.45, 7) is 4.92. The lowest BCUT2D eigenvalue weighted by Gasteiger charge is -2.24. The molecule has 1 atom stereocenters. The highest BCUT2D eigenvalue weighted by atomic mass is 19.1. The molecule has 0 aliphatic rings. The van der Waals surface area contributed by atoms with E-state index in [0.29, 0.717) is 6.07 Å². The fourth-order valence-corrected chi connectivity index (χ4v) is 3.08. The summed E-state index contributed by atoms with van der Waals surface area (Å²) in [5.74, 6) is -4.97. The van der Waals surface area contributed by atoms with Crippen molar-refractivity contribution in [2.24, 2.45) is 5.92 Å². The Kier molecular flexibility index (Phi) is 7.16. The van der Waals surface area contributed by atoms with Crippen LogP contribution in [0.3, 0.4) is 0 Å². The average Bonchev–Trinajstić information content (AvgIpc) is 2.71. The molecule has 0 amide bonds. The molecule has 0 radical (unpaired) electrons. The van der Waals surface area contributed by atoms with Crippen LogP contribution >= 0.6 is 0 Å². The molecule has 8 heteroatoms. The van der Waals surface area contributed by atoms with Crippen molar-refractivity contribution in [1.29, 1.82) is 0 Å². The summed E-state index contributed by atoms with van der Waals surface area (Å²) in [5, 5.41) is 0. The Bertz CT molecular complexity index is 1140. The molecule has 33 heavy (non-hydrogen) atoms. The van der Waals surface area contributed by atoms with Crippen LogP contribution in [0.2, 0.25) is 0 Å². The summed E-state index contributed by atoms with van der Waals surface area (Å²) in [5.41, 5.74) is -0.818. The number of rotatable bonds is 7. The Labute approximate surface area is 189 Å². The number of hydrogen-bond acceptors (Lipinski definition) is 5. The first-order valence-electron chi connectivity index (χ1n) is 10.1. The molecule has 0 saturated heterocycles. The van der Waals surface area contributed by atoms with Gasteiger partial charge >= 0.3 is 5.97 Å². The highest BCUT2D eigenvalue weighted by Crippen LogP contribution is 2.28. The van der Waals surface area contributed by atoms with Gasteiger partial charge in [0, 0.05) is 12.3 Å². The van der Waals surface area contributed by atoms with Crippen LogP contribution in [-0.2, 0) is 16.0 Å². The van der Waals surface area contributed by atoms with Crippen molar-refractivity contribution >= 4 is 11.8 Å². The maximum atomic E-state index is 13.7. The van der Waals surface area contributed by atoms with E-state index in [1.54, 1.807) is 20.8 Å². The van der Waals surface area contributed by atoms with Crippen LogP contribution in [0.1, 0.15) is 36.7 Å². The number of hydrogen-bond donors (Lipinski definition) is 0. The first-order valence-corrected chi connectivity index (χ1v) is 10.1. The van der Waals surface area contributed by atoms with E-state index in [1.165, 1.54) is 42.6 Å². The molecule has 0 saturated carbocycles. The fourth-order valence-electron chi connectivity index (χ4n) is 3.08. The smallest absolute Gasteiger partial charge is 0.317 e. The van der Waals surface area contributed by atoms with Gasteiger partial charge in [-0.15, -0.1) is 0 Å². The van der Waals surface area contributed by atoms with Crippen molar-refractivity contribution in [3.05, 3.63) is 89.4 Å². The van der Waals surface area contributed by atoms with Gasteiger partial charge in [-0.25, -0.2) is 18.2 Å². The van der Waals surface area contributed by atoms with Gasteiger partial charge in [0.1, 0.15) is 34.7 Å². The van der Waals surface area contributed by atoms with Gasteiger partial charge in [0.2, 0.25) is 5.88 Å². The summed E-state index contributed by atoms with van der Waals surface area (Å²) in [7, 11) is 0. The maximum Gasteiger partial charge on any atom is 0.317 e. The Morgan fingerprint density at radius 2 is 1.58 bits per heavy atom. The van der Waals surface area contributed by atoms with Crippen LogP contribution in [0.15, 0.2) is 60.8 Å². The number of carbonyl (C=O) groups is 2. The molecule has 5 nitrogen and oxygen atoms in total. The van der Waals surface area contributed by atoms with E-state index in [2.05, 4.69) is 4.98 Å². The third-order valence-electron chi connectivity index (χ3n) is 4.43. The Balaban J connectivity index is 1.97. The largest absolute Gasteiger partial charge is 0.459 e. The lowest BCUT2D eigenvalue weighted by molar-refractivity contribution is -0.158. The molecule has 3 rings (SSSR count). The number of esters is 1. The van der Waals surface area contributed by atoms with Crippen LogP contribution in [-0.4, -0.2) is 22.3 Å². The SMILES string of the molecule is CC(C)(C)OC(=O)C(Cc1cc(F)cc(F)c1)C(=O)c1cccnc1Oc1ccc(F)cc1. The second kappa shape index (κ2) is 9.85. The van der Waals surface area contributed by atoms with E-state index in [4.69, 9.17) is 9.47 Å². The molecule has 1 heterocycles. The van der Waals surface area contributed by atoms with E-state index in [1.807, 2.05) is 0 Å². The lowest BCUT2D eigenvalue weighted by atomic mass is 9.91. The van der Waals surface area contributed by atoms with Gasteiger partial charge in [-0.05, 0) is 81.3 Å². The van der Waals surface area contributed by atoms with Crippen molar-refractivity contribution < 1.29 is 32.2 Å². The van der Waals surface area contributed by atoms with E-state index in [0.717, 1.165) is 12.1 Å². The third kappa shape index (κ3) is 6.65. The first-order chi connectivity index (χ1) is 15.5. The number of aromatic nitrogens is 1. The molecule has 0 bridgehead atoms. The second-order valence-electron chi connectivity index (χ2n) is 8.34. The van der Waals surface area contributed by atoms with Crippen molar-refractivity contribution in [3.8, 4) is 11.6 Å². The Morgan fingerprint density at radius 1 is 0.939 bits per heavy atom. The molecular weight excluding hydrogens is 435 g/mol. The molecule has 172 valence electrons. The number of Topliss-reactive ketones (excluding diaryl/α,β-unsaturated/α-hetero) is 1. The van der Waals surface area contributed by atoms with E-state index in [9.17, 15) is 22.8 Å². The van der Waals surface area contributed by atoms with Gasteiger partial charge in [0.15, 0.2) is 5.78 Å². The molecule has 0 N–H and O–H groups in total. The molecule has 0 aliphatic carbocycles. The maximum absolute atomic E-state index is 13.7. The van der Waals surface area contributed by atoms with Gasteiger partial charge in [0.05, 0.1) is 5.56 Å². The van der Waals surface area contributed by atoms with Gasteiger partial charge in [-0.3, -0.25) is 9.59 Å². The standard InChI is InChI=1S/C25H22F3NO4/c1-25(2,3)33-24(31)21(13-15-11-17(27)14-18(28)12-15)22(30)20-5-4-10-29-23(20)32-19-8-6-16(26)7-9-19/h4-12,14,21H,13H2,1-3H3. The highest BCUT2D eigenvalue weighted by molar-refractivity contribution is 6.10. The van der Waals surface area contributed by atoms with Gasteiger partial charge in [-0.2, -0.15) is 0 Å². The molecule has 3 aromatic rings. The van der Waals surface area contributed by atoms with Gasteiger partial charge < -0.3 is 9.47 Å². The minimum absolute atomic E-state index is 0.0328. The molecule has 0 spiro atoms. The zero-order valence-electron chi connectivity index (χ0n) is 18.3. The molecular formula is C25H22F3NO4. The third-order valence-corrected chi connectivity index (χ3v) is 4.43. The summed E-state index contributed by atoms with van der Waals surface area (Å²) in [4.78, 5) is 30.4. The predicted octanol–water partition coefficient (Wildman–Crippen LogP) is 5.67. The topological polar surface area (TPSA) is 65.5 Å². The van der Waals surface area contributed by atoms with Gasteiger partial charge in [-0.1, -0.05) is 0 Å². The van der Waals surface area contributed by atoms with Crippen molar-refractivity contribution in [2.75, 3.05) is 0 Å². The van der Waals surface area contributed by atoms with E-state index >= 15 is 0 Å². The highest BCUT2D eigenvalue weighted by Gasteiger charge is 2.34. The molecule has 1 aromatic heterocycles. The number of nitrogens with zero attached hydrogens (tertiary/aromatic N) is 1. The number of ether oxygens (including phenoxy) is 2. The number of pyridine rings is 1. The van der Waals surface area contributed by atoms with Crippen LogP contribution < -0.4 is 4.74 Å². The molecule has 1 unspecified atom stereocenters. The summed E-state index contributed by atoms with van der Waals surface area (Å²) in [6.07, 6.45) is 1.09. The number of benzene rings is 2. The zero-order chi connectivity index (χ0) is 24.2. The molecule has 0 fully saturated rings. The van der Waals surface area contributed by atoms with Crippen molar-refractivity contribution in [1.82, 2.24) is 4.98 Å². The minimum Gasteiger partial charge on any atom is -0.459 e. The van der Waals surface area contributed by atoms with E-state index in [-0.39, 0.29) is 29.2 Å². The van der Waals surface area contributed by atoms with E-state index < -0.39 is 40.7 Å². The zero-order valence-corrected chi connectivity index (χ0v) is 18.3. The average molecular weight is 457 g/mol. The lowest BCUT2D eigenvalue weighted by Crippen LogP contribution is -2.34. The monoisotopic (exact) mass is 457 g/mol. The quantitative estimate of drug-likeness (QED) is 0.260. The van der Waals surface area contributed by atoms with Crippen molar-refractivity contribution in [2.45, 2.75) is 32.8 Å². The van der Waals surface area contributed by atoms with Crippen LogP contribution in [0.5, 0.6) is 11.6 Å². The van der Waals surface area contributed by atoms with Crippen molar-refractivity contribution in [3.63, 3.8) is 0 Å². The Morgan fingerprint density at radius 3 is 2.18 bits per heavy atom. The number of halogens is 3. The Hall–Kier alpha value is -3.68. The summed E-state index contributed by atoms with van der Waals surface area (Å²) < 4.78 is 51.7. The van der Waals surface area contributed by atoms with Crippen LogP contribution in [0.4, 0.5) is 13.2 Å². The molecule has 2 aromatic carbocycles. The number of carbonyl (C=O) groups excluding carboxylic acids is 2. The summed E-state index contributed by atoms with van der Waals surface area (Å²) in [6, 6.07) is 10.8. The molecule has 0 aliphatic heterocycles.